The molecule has 0 saturated heterocycles. The largest absolute Gasteiger partial charge is 0.325 e. The minimum atomic E-state index is -0.220. The van der Waals surface area contributed by atoms with Crippen molar-refractivity contribution < 1.29 is 4.79 Å². The molecule has 1 aromatic heterocycles. The van der Waals surface area contributed by atoms with Crippen LogP contribution in [0.25, 0.3) is 0 Å². The monoisotopic (exact) mass is 367 g/mol. The third-order valence-electron chi connectivity index (χ3n) is 6.59. The van der Waals surface area contributed by atoms with Crippen LogP contribution in [0.4, 0.5) is 15.6 Å². The highest BCUT2D eigenvalue weighted by atomic mass is 32.1. The Bertz CT molecular complexity index is 794. The van der Waals surface area contributed by atoms with E-state index in [-0.39, 0.29) is 11.4 Å². The van der Waals surface area contributed by atoms with Gasteiger partial charge < -0.3 is 5.32 Å². The van der Waals surface area contributed by atoms with Crippen LogP contribution in [0.1, 0.15) is 49.1 Å². The van der Waals surface area contributed by atoms with Gasteiger partial charge in [0.15, 0.2) is 5.13 Å². The second-order valence-electron chi connectivity index (χ2n) is 8.57. The Kier molecular flexibility index (Phi) is 3.82. The van der Waals surface area contributed by atoms with Crippen molar-refractivity contribution in [2.24, 2.45) is 17.8 Å². The van der Waals surface area contributed by atoms with E-state index in [4.69, 9.17) is 4.98 Å². The summed E-state index contributed by atoms with van der Waals surface area (Å²) in [5.41, 5.74) is 2.35. The van der Waals surface area contributed by atoms with Crippen LogP contribution in [0, 0.1) is 24.7 Å². The van der Waals surface area contributed by atoms with Crippen molar-refractivity contribution in [1.82, 2.24) is 4.98 Å². The van der Waals surface area contributed by atoms with Gasteiger partial charge in [0.05, 0.1) is 5.69 Å². The van der Waals surface area contributed by atoms with Gasteiger partial charge in [-0.1, -0.05) is 18.2 Å². The number of nitrogens with one attached hydrogen (secondary N) is 2. The summed E-state index contributed by atoms with van der Waals surface area (Å²) in [4.78, 5) is 18.5. The van der Waals surface area contributed by atoms with Gasteiger partial charge in [-0.05, 0) is 75.3 Å². The molecule has 2 amide bonds. The maximum Gasteiger partial charge on any atom is 0.325 e. The molecule has 5 heteroatoms. The van der Waals surface area contributed by atoms with Crippen molar-refractivity contribution in [3.63, 3.8) is 0 Å². The fourth-order valence-electron chi connectivity index (χ4n) is 6.12. The highest BCUT2D eigenvalue weighted by molar-refractivity contribution is 7.15. The zero-order valence-electron chi connectivity index (χ0n) is 15.1. The van der Waals surface area contributed by atoms with Gasteiger partial charge in [0.1, 0.15) is 0 Å². The lowest BCUT2D eigenvalue weighted by Crippen LogP contribution is -2.49. The minimum Gasteiger partial charge on any atom is -0.308 e. The summed E-state index contributed by atoms with van der Waals surface area (Å²) in [5, 5.41) is 6.54. The second-order valence-corrected chi connectivity index (χ2v) is 9.77. The van der Waals surface area contributed by atoms with Crippen molar-refractivity contribution in [1.29, 1.82) is 0 Å². The van der Waals surface area contributed by atoms with Crippen molar-refractivity contribution in [3.05, 3.63) is 40.9 Å². The first-order valence-electron chi connectivity index (χ1n) is 9.71. The van der Waals surface area contributed by atoms with E-state index in [1.54, 1.807) is 11.3 Å². The number of para-hydroxylation sites is 1. The average molecular weight is 368 g/mol. The fourth-order valence-corrected chi connectivity index (χ4v) is 7.05. The normalized spacial score (nSPS) is 31.8. The standard InChI is InChI=1S/C21H25N3OS/c1-13-18(21-10-14-7-15(11-21)9-16(8-14)12-21)23-20(26-13)24-19(25)22-17-5-3-2-4-6-17/h2-6,14-16H,7-12H2,1H3,(H2,22,23,24,25). The van der Waals surface area contributed by atoms with Gasteiger partial charge in [0.2, 0.25) is 0 Å². The molecule has 4 saturated carbocycles. The van der Waals surface area contributed by atoms with Gasteiger partial charge in [0, 0.05) is 16.0 Å². The first-order valence-corrected chi connectivity index (χ1v) is 10.5. The van der Waals surface area contributed by atoms with E-state index < -0.39 is 0 Å². The molecule has 4 bridgehead atoms. The van der Waals surface area contributed by atoms with Gasteiger partial charge >= 0.3 is 6.03 Å². The molecule has 4 nitrogen and oxygen atoms in total. The first-order chi connectivity index (χ1) is 12.6. The Balaban J connectivity index is 1.35. The molecule has 2 N–H and O–H groups in total. The van der Waals surface area contributed by atoms with E-state index in [1.165, 1.54) is 49.1 Å². The molecule has 0 radical (unpaired) electrons. The summed E-state index contributed by atoms with van der Waals surface area (Å²) in [6, 6.07) is 9.30. The molecule has 6 rings (SSSR count). The SMILES string of the molecule is Cc1sc(NC(=O)Nc2ccccc2)nc1C12CC3CC(CC(C3)C1)C2. The third-order valence-corrected chi connectivity index (χ3v) is 7.48. The maximum absolute atomic E-state index is 12.3. The quantitative estimate of drug-likeness (QED) is 0.746. The maximum atomic E-state index is 12.3. The van der Waals surface area contributed by atoms with Crippen LogP contribution in [0.5, 0.6) is 0 Å². The number of anilines is 2. The average Bonchev–Trinajstić information content (AvgIpc) is 2.95. The van der Waals surface area contributed by atoms with E-state index >= 15 is 0 Å². The van der Waals surface area contributed by atoms with Gasteiger partial charge in [-0.25, -0.2) is 9.78 Å². The molecule has 0 atom stereocenters. The molecule has 4 aliphatic rings. The number of carbonyl (C=O) groups excluding carboxylic acids is 1. The lowest BCUT2D eigenvalue weighted by molar-refractivity contribution is -0.00715. The highest BCUT2D eigenvalue weighted by Gasteiger charge is 2.53. The summed E-state index contributed by atoms with van der Waals surface area (Å²) in [6.45, 7) is 2.17. The van der Waals surface area contributed by atoms with Crippen LogP contribution >= 0.6 is 11.3 Å². The number of nitrogens with zero attached hydrogens (tertiary/aromatic N) is 1. The van der Waals surface area contributed by atoms with Crippen molar-refractivity contribution in [2.75, 3.05) is 10.6 Å². The number of carbonyl (C=O) groups is 1. The van der Waals surface area contributed by atoms with Gasteiger partial charge in [-0.3, -0.25) is 5.32 Å². The molecule has 0 unspecified atom stereocenters. The number of aryl methyl sites for hydroxylation is 1. The van der Waals surface area contributed by atoms with Crippen molar-refractivity contribution in [2.45, 2.75) is 50.9 Å². The number of hydrogen-bond acceptors (Lipinski definition) is 3. The number of hydrogen-bond donors (Lipinski definition) is 2. The van der Waals surface area contributed by atoms with Gasteiger partial charge in [-0.15, -0.1) is 11.3 Å². The molecule has 4 aliphatic carbocycles. The number of aromatic nitrogens is 1. The van der Waals surface area contributed by atoms with E-state index in [0.29, 0.717) is 0 Å². The van der Waals surface area contributed by atoms with Crippen LogP contribution < -0.4 is 10.6 Å². The van der Waals surface area contributed by atoms with E-state index in [1.807, 2.05) is 30.3 Å². The van der Waals surface area contributed by atoms with E-state index in [9.17, 15) is 4.79 Å². The molecule has 26 heavy (non-hydrogen) atoms. The summed E-state index contributed by atoms with van der Waals surface area (Å²) in [6.07, 6.45) is 8.23. The number of amides is 2. The van der Waals surface area contributed by atoms with Gasteiger partial charge in [0.25, 0.3) is 0 Å². The van der Waals surface area contributed by atoms with E-state index in [0.717, 1.165) is 28.6 Å². The van der Waals surface area contributed by atoms with Crippen LogP contribution in [-0.4, -0.2) is 11.0 Å². The lowest BCUT2D eigenvalue weighted by Gasteiger charge is -2.56. The number of benzene rings is 1. The lowest BCUT2D eigenvalue weighted by atomic mass is 9.48. The highest BCUT2D eigenvalue weighted by Crippen LogP contribution is 2.61. The molecule has 0 spiro atoms. The summed E-state index contributed by atoms with van der Waals surface area (Å²) in [5.74, 6) is 2.71. The smallest absolute Gasteiger partial charge is 0.308 e. The molecule has 1 aromatic carbocycles. The van der Waals surface area contributed by atoms with Gasteiger partial charge in [-0.2, -0.15) is 0 Å². The van der Waals surface area contributed by atoms with Crippen LogP contribution in [-0.2, 0) is 5.41 Å². The third kappa shape index (κ3) is 2.82. The fraction of sp³-hybridized carbons (Fsp3) is 0.524. The summed E-state index contributed by atoms with van der Waals surface area (Å²) >= 11 is 1.62. The Morgan fingerprint density at radius 2 is 1.65 bits per heavy atom. The minimum absolute atomic E-state index is 0.220. The molecule has 2 aromatic rings. The Labute approximate surface area is 158 Å². The van der Waals surface area contributed by atoms with Crippen LogP contribution in [0.2, 0.25) is 0 Å². The molecule has 1 heterocycles. The molecular formula is C21H25N3OS. The van der Waals surface area contributed by atoms with Crippen molar-refractivity contribution in [3.8, 4) is 0 Å². The summed E-state index contributed by atoms with van der Waals surface area (Å²) < 4.78 is 0. The van der Waals surface area contributed by atoms with E-state index in [2.05, 4.69) is 17.6 Å². The molecule has 0 aliphatic heterocycles. The van der Waals surface area contributed by atoms with Crippen molar-refractivity contribution >= 4 is 28.2 Å². The zero-order chi connectivity index (χ0) is 17.7. The first kappa shape index (κ1) is 16.3. The van der Waals surface area contributed by atoms with Crippen LogP contribution in [0.3, 0.4) is 0 Å². The zero-order valence-corrected chi connectivity index (χ0v) is 15.9. The topological polar surface area (TPSA) is 54.0 Å². The Morgan fingerprint density at radius 1 is 1.04 bits per heavy atom. The predicted molar refractivity (Wildman–Crippen MR) is 106 cm³/mol. The summed E-state index contributed by atoms with van der Waals surface area (Å²) in [7, 11) is 0. The molecular weight excluding hydrogens is 342 g/mol. The molecule has 4 fully saturated rings. The number of urea groups is 1. The number of rotatable bonds is 3. The Hall–Kier alpha value is -1.88. The second kappa shape index (κ2) is 6.08. The molecule has 136 valence electrons. The van der Waals surface area contributed by atoms with Crippen LogP contribution in [0.15, 0.2) is 30.3 Å². The Morgan fingerprint density at radius 3 is 2.27 bits per heavy atom. The predicted octanol–water partition coefficient (Wildman–Crippen LogP) is 5.56. The number of thiazole rings is 1.